The lowest BCUT2D eigenvalue weighted by molar-refractivity contribution is 0.188. The fraction of sp³-hybridized carbons (Fsp3) is 0.571. The molecule has 5 heteroatoms. The molecule has 1 saturated heterocycles. The minimum absolute atomic E-state index is 0.144. The van der Waals surface area contributed by atoms with Gasteiger partial charge in [-0.3, -0.25) is 4.90 Å². The Morgan fingerprint density at radius 2 is 1.89 bits per heavy atom. The molecule has 0 bridgehead atoms. The van der Waals surface area contributed by atoms with Gasteiger partial charge < -0.3 is 20.2 Å². The van der Waals surface area contributed by atoms with Crippen molar-refractivity contribution in [2.45, 2.75) is 13.0 Å². The molecule has 3 N–H and O–H groups in total. The molecule has 1 aliphatic rings. The first-order valence-corrected chi connectivity index (χ1v) is 6.71. The molecule has 2 rings (SSSR count). The molecule has 19 heavy (non-hydrogen) atoms. The van der Waals surface area contributed by atoms with Gasteiger partial charge in [-0.05, 0) is 13.0 Å². The van der Waals surface area contributed by atoms with Crippen LogP contribution in [0.3, 0.4) is 0 Å². The molecule has 1 aromatic rings. The van der Waals surface area contributed by atoms with E-state index in [-0.39, 0.29) is 12.4 Å². The zero-order valence-corrected chi connectivity index (χ0v) is 11.3. The molecule has 1 atom stereocenters. The monoisotopic (exact) mass is 266 g/mol. The van der Waals surface area contributed by atoms with Crippen molar-refractivity contribution < 1.29 is 15.3 Å². The van der Waals surface area contributed by atoms with E-state index in [1.165, 1.54) is 0 Å². The molecule has 1 heterocycles. The number of piperazine rings is 1. The van der Waals surface area contributed by atoms with Gasteiger partial charge in [0.05, 0.1) is 12.7 Å². The number of hydrogen-bond acceptors (Lipinski definition) is 5. The van der Waals surface area contributed by atoms with Gasteiger partial charge in [-0.15, -0.1) is 0 Å². The quantitative estimate of drug-likeness (QED) is 0.743. The smallest absolute Gasteiger partial charge is 0.123 e. The van der Waals surface area contributed by atoms with E-state index >= 15 is 0 Å². The van der Waals surface area contributed by atoms with E-state index in [1.807, 2.05) is 6.07 Å². The van der Waals surface area contributed by atoms with E-state index in [1.54, 1.807) is 19.1 Å². The maximum atomic E-state index is 9.90. The summed E-state index contributed by atoms with van der Waals surface area (Å²) >= 11 is 0. The molecule has 1 aliphatic heterocycles. The van der Waals surface area contributed by atoms with Gasteiger partial charge in [0.2, 0.25) is 0 Å². The normalized spacial score (nSPS) is 18.6. The van der Waals surface area contributed by atoms with E-state index in [0.717, 1.165) is 38.4 Å². The number of anilines is 1. The molecule has 0 aromatic heterocycles. The predicted octanol–water partition coefficient (Wildman–Crippen LogP) is 0.560. The first-order chi connectivity index (χ1) is 9.11. The van der Waals surface area contributed by atoms with Gasteiger partial charge in [0, 0.05) is 50.0 Å². The Morgan fingerprint density at radius 1 is 1.21 bits per heavy atom. The molecule has 0 radical (unpaired) electrons. The largest absolute Gasteiger partial charge is 0.507 e. The maximum Gasteiger partial charge on any atom is 0.123 e. The van der Waals surface area contributed by atoms with Crippen LogP contribution in [0.4, 0.5) is 5.69 Å². The Bertz CT molecular complexity index is 415. The van der Waals surface area contributed by atoms with Crippen molar-refractivity contribution in [1.82, 2.24) is 4.90 Å². The number of benzene rings is 1. The highest BCUT2D eigenvalue weighted by Crippen LogP contribution is 2.29. The standard InChI is InChI=1S/C14H22N2O3/c1-11(18)13-3-2-12(10-14(13)19)16-6-4-15(5-7-16)8-9-17/h2-3,10-11,17-19H,4-9H2,1H3. The van der Waals surface area contributed by atoms with Crippen LogP contribution in [-0.4, -0.2) is 59.6 Å². The minimum atomic E-state index is -0.657. The third-order valence-corrected chi connectivity index (χ3v) is 3.62. The predicted molar refractivity (Wildman–Crippen MR) is 74.5 cm³/mol. The number of aliphatic hydroxyl groups is 2. The summed E-state index contributed by atoms with van der Waals surface area (Å²) in [6.45, 7) is 6.16. The van der Waals surface area contributed by atoms with Crippen LogP contribution in [0.1, 0.15) is 18.6 Å². The Balaban J connectivity index is 2.02. The van der Waals surface area contributed by atoms with Crippen molar-refractivity contribution in [3.8, 4) is 5.75 Å². The zero-order chi connectivity index (χ0) is 13.8. The highest BCUT2D eigenvalue weighted by Gasteiger charge is 2.18. The second-order valence-corrected chi connectivity index (χ2v) is 4.97. The second kappa shape index (κ2) is 6.23. The maximum absolute atomic E-state index is 9.90. The number of aliphatic hydroxyl groups excluding tert-OH is 2. The van der Waals surface area contributed by atoms with E-state index in [9.17, 15) is 10.2 Å². The summed E-state index contributed by atoms with van der Waals surface area (Å²) < 4.78 is 0. The molecule has 1 aromatic carbocycles. The van der Waals surface area contributed by atoms with Gasteiger partial charge >= 0.3 is 0 Å². The average molecular weight is 266 g/mol. The van der Waals surface area contributed by atoms with Gasteiger partial charge in [-0.2, -0.15) is 0 Å². The SMILES string of the molecule is CC(O)c1ccc(N2CCN(CCO)CC2)cc1O. The second-order valence-electron chi connectivity index (χ2n) is 4.97. The first-order valence-electron chi connectivity index (χ1n) is 6.71. The summed E-state index contributed by atoms with van der Waals surface area (Å²) in [4.78, 5) is 4.43. The number of phenolic OH excluding ortho intramolecular Hbond substituents is 1. The lowest BCUT2D eigenvalue weighted by atomic mass is 10.1. The van der Waals surface area contributed by atoms with E-state index in [0.29, 0.717) is 5.56 Å². The highest BCUT2D eigenvalue weighted by molar-refractivity contribution is 5.54. The molecule has 5 nitrogen and oxygen atoms in total. The fourth-order valence-corrected chi connectivity index (χ4v) is 2.45. The van der Waals surface area contributed by atoms with Crippen LogP contribution in [-0.2, 0) is 0 Å². The average Bonchev–Trinajstić information content (AvgIpc) is 2.39. The third-order valence-electron chi connectivity index (χ3n) is 3.62. The third kappa shape index (κ3) is 3.37. The molecule has 0 saturated carbocycles. The molecular weight excluding hydrogens is 244 g/mol. The molecule has 0 amide bonds. The van der Waals surface area contributed by atoms with Crippen LogP contribution in [0.25, 0.3) is 0 Å². The number of β-amino-alcohol motifs (C(OH)–C–C–N with tert-alkyl or cyclic N) is 1. The summed E-state index contributed by atoms with van der Waals surface area (Å²) in [7, 11) is 0. The van der Waals surface area contributed by atoms with Crippen molar-refractivity contribution in [2.24, 2.45) is 0 Å². The van der Waals surface area contributed by atoms with Crippen molar-refractivity contribution in [3.05, 3.63) is 23.8 Å². The molecule has 106 valence electrons. The number of hydrogen-bond donors (Lipinski definition) is 3. The van der Waals surface area contributed by atoms with Crippen LogP contribution < -0.4 is 4.90 Å². The molecule has 0 aliphatic carbocycles. The van der Waals surface area contributed by atoms with Crippen molar-refractivity contribution in [2.75, 3.05) is 44.2 Å². The van der Waals surface area contributed by atoms with Crippen molar-refractivity contribution in [1.29, 1.82) is 0 Å². The highest BCUT2D eigenvalue weighted by atomic mass is 16.3. The van der Waals surface area contributed by atoms with Crippen molar-refractivity contribution in [3.63, 3.8) is 0 Å². The van der Waals surface area contributed by atoms with E-state index < -0.39 is 6.10 Å². The summed E-state index contributed by atoms with van der Waals surface area (Å²) in [6, 6.07) is 5.42. The number of aromatic hydroxyl groups is 1. The van der Waals surface area contributed by atoms with E-state index in [4.69, 9.17) is 5.11 Å². The number of rotatable bonds is 4. The van der Waals surface area contributed by atoms with Gasteiger partial charge in [-0.1, -0.05) is 6.07 Å². The van der Waals surface area contributed by atoms with E-state index in [2.05, 4.69) is 9.80 Å². The molecule has 1 fully saturated rings. The first kappa shape index (κ1) is 14.1. The molecule has 1 unspecified atom stereocenters. The Morgan fingerprint density at radius 3 is 2.42 bits per heavy atom. The van der Waals surface area contributed by atoms with Crippen LogP contribution in [0.15, 0.2) is 18.2 Å². The fourth-order valence-electron chi connectivity index (χ4n) is 2.45. The lowest BCUT2D eigenvalue weighted by Gasteiger charge is -2.36. The van der Waals surface area contributed by atoms with Gasteiger partial charge in [0.1, 0.15) is 5.75 Å². The van der Waals surface area contributed by atoms with Crippen LogP contribution in [0, 0.1) is 0 Å². The zero-order valence-electron chi connectivity index (χ0n) is 11.3. The van der Waals surface area contributed by atoms with Gasteiger partial charge in [0.15, 0.2) is 0 Å². The summed E-state index contributed by atoms with van der Waals surface area (Å²) in [5.41, 5.74) is 1.54. The minimum Gasteiger partial charge on any atom is -0.507 e. The molecular formula is C14H22N2O3. The van der Waals surface area contributed by atoms with Crippen molar-refractivity contribution >= 4 is 5.69 Å². The van der Waals surface area contributed by atoms with Gasteiger partial charge in [0.25, 0.3) is 0 Å². The number of phenols is 1. The number of nitrogens with zero attached hydrogens (tertiary/aromatic N) is 2. The topological polar surface area (TPSA) is 67.2 Å². The summed E-state index contributed by atoms with van der Waals surface area (Å²) in [5.74, 6) is 0.144. The Labute approximate surface area is 113 Å². The van der Waals surface area contributed by atoms with Gasteiger partial charge in [-0.25, -0.2) is 0 Å². The Kier molecular flexibility index (Phi) is 4.63. The van der Waals surface area contributed by atoms with Crippen LogP contribution in [0.5, 0.6) is 5.75 Å². The van der Waals surface area contributed by atoms with Crippen LogP contribution in [0.2, 0.25) is 0 Å². The van der Waals surface area contributed by atoms with Crippen LogP contribution >= 0.6 is 0 Å². The summed E-state index contributed by atoms with van der Waals surface area (Å²) in [6.07, 6.45) is -0.657. The lowest BCUT2D eigenvalue weighted by Crippen LogP contribution is -2.47. The summed E-state index contributed by atoms with van der Waals surface area (Å²) in [5, 5.41) is 28.3. The Hall–Kier alpha value is -1.30. The molecule has 0 spiro atoms.